The van der Waals surface area contributed by atoms with Crippen LogP contribution in [0.5, 0.6) is 0 Å². The third-order valence-corrected chi connectivity index (χ3v) is 3.66. The van der Waals surface area contributed by atoms with Gasteiger partial charge in [-0.2, -0.15) is 0 Å². The molecule has 4 atom stereocenters. The fourth-order valence-corrected chi connectivity index (χ4v) is 3.06. The van der Waals surface area contributed by atoms with Crippen LogP contribution in [0.2, 0.25) is 0 Å². The van der Waals surface area contributed by atoms with Gasteiger partial charge in [0.15, 0.2) is 0 Å². The van der Waals surface area contributed by atoms with Gasteiger partial charge in [-0.3, -0.25) is 4.79 Å². The van der Waals surface area contributed by atoms with Crippen molar-refractivity contribution in [2.75, 3.05) is 0 Å². The molecule has 0 amide bonds. The van der Waals surface area contributed by atoms with E-state index in [2.05, 4.69) is 0 Å². The minimum Gasteiger partial charge on any atom is -0.460 e. The number of carbonyl (C=O) groups is 1. The lowest BCUT2D eigenvalue weighted by atomic mass is 9.85. The van der Waals surface area contributed by atoms with Gasteiger partial charge in [0.2, 0.25) is 0 Å². The zero-order valence-electron chi connectivity index (χ0n) is 9.82. The molecule has 0 radical (unpaired) electrons. The van der Waals surface area contributed by atoms with Gasteiger partial charge in [0.25, 0.3) is 0 Å². The number of ether oxygens (including phenoxy) is 1. The molecule has 3 nitrogen and oxygen atoms in total. The standard InChI is InChI=1S/C12H21NO2/c1-12(2,3)15-11(14)9-7-4-5-8(6-7)10(9)13/h7-10H,4-6,13H2,1-3H3/t7-,8-,9?,10?/m0/s1. The van der Waals surface area contributed by atoms with Crippen molar-refractivity contribution in [2.45, 2.75) is 51.7 Å². The van der Waals surface area contributed by atoms with Crippen LogP contribution in [0.1, 0.15) is 40.0 Å². The van der Waals surface area contributed by atoms with Gasteiger partial charge < -0.3 is 10.5 Å². The van der Waals surface area contributed by atoms with E-state index in [9.17, 15) is 4.79 Å². The Hall–Kier alpha value is -0.570. The van der Waals surface area contributed by atoms with Crippen molar-refractivity contribution >= 4 is 5.97 Å². The largest absolute Gasteiger partial charge is 0.460 e. The summed E-state index contributed by atoms with van der Waals surface area (Å²) in [5.41, 5.74) is 5.69. The molecule has 0 aromatic rings. The van der Waals surface area contributed by atoms with Gasteiger partial charge in [-0.25, -0.2) is 0 Å². The van der Waals surface area contributed by atoms with Gasteiger partial charge >= 0.3 is 5.97 Å². The molecule has 2 unspecified atom stereocenters. The molecule has 2 aliphatic rings. The van der Waals surface area contributed by atoms with Crippen LogP contribution in [0, 0.1) is 17.8 Å². The Kier molecular flexibility index (Phi) is 2.53. The number of hydrogen-bond donors (Lipinski definition) is 1. The van der Waals surface area contributed by atoms with E-state index < -0.39 is 5.60 Å². The zero-order valence-corrected chi connectivity index (χ0v) is 9.82. The third-order valence-electron chi connectivity index (χ3n) is 3.66. The van der Waals surface area contributed by atoms with Gasteiger partial charge in [0, 0.05) is 6.04 Å². The summed E-state index contributed by atoms with van der Waals surface area (Å²) >= 11 is 0. The molecule has 86 valence electrons. The molecule has 0 heterocycles. The minimum atomic E-state index is -0.390. The number of carbonyl (C=O) groups excluding carboxylic acids is 1. The molecule has 0 aromatic heterocycles. The van der Waals surface area contributed by atoms with Crippen LogP contribution in [0.25, 0.3) is 0 Å². The summed E-state index contributed by atoms with van der Waals surface area (Å²) in [4.78, 5) is 12.0. The Balaban J connectivity index is 2.02. The van der Waals surface area contributed by atoms with Crippen molar-refractivity contribution in [3.8, 4) is 0 Å². The first-order valence-corrected chi connectivity index (χ1v) is 5.87. The van der Waals surface area contributed by atoms with Gasteiger partial charge in [-0.1, -0.05) is 0 Å². The average molecular weight is 211 g/mol. The summed E-state index contributed by atoms with van der Waals surface area (Å²) in [5, 5.41) is 0. The summed E-state index contributed by atoms with van der Waals surface area (Å²) in [5.74, 6) is 0.928. The quantitative estimate of drug-likeness (QED) is 0.672. The molecule has 0 spiro atoms. The molecule has 3 heteroatoms. The molecule has 2 rings (SSSR count). The molecular weight excluding hydrogens is 190 g/mol. The first-order chi connectivity index (χ1) is 6.88. The number of nitrogens with two attached hydrogens (primary N) is 1. The molecule has 15 heavy (non-hydrogen) atoms. The third kappa shape index (κ3) is 2.03. The molecule has 2 aliphatic carbocycles. The Morgan fingerprint density at radius 2 is 1.87 bits per heavy atom. The predicted molar refractivity (Wildman–Crippen MR) is 58.1 cm³/mol. The van der Waals surface area contributed by atoms with Crippen LogP contribution >= 0.6 is 0 Å². The summed E-state index contributed by atoms with van der Waals surface area (Å²) in [6, 6.07) is 0.0404. The Bertz CT molecular complexity index is 267. The molecule has 2 fully saturated rings. The summed E-state index contributed by atoms with van der Waals surface area (Å²) in [6.07, 6.45) is 3.48. The Labute approximate surface area is 91.4 Å². The van der Waals surface area contributed by atoms with Crippen molar-refractivity contribution in [3.05, 3.63) is 0 Å². The van der Waals surface area contributed by atoms with Crippen LogP contribution in [-0.2, 0) is 9.53 Å². The molecule has 0 saturated heterocycles. The number of esters is 1. The lowest BCUT2D eigenvalue weighted by Gasteiger charge is -2.29. The molecular formula is C12H21NO2. The normalized spacial score (nSPS) is 39.5. The maximum absolute atomic E-state index is 12.0. The highest BCUT2D eigenvalue weighted by Crippen LogP contribution is 2.48. The number of hydrogen-bond acceptors (Lipinski definition) is 3. The average Bonchev–Trinajstić information content (AvgIpc) is 2.59. The van der Waals surface area contributed by atoms with E-state index in [0.29, 0.717) is 11.8 Å². The topological polar surface area (TPSA) is 52.3 Å². The monoisotopic (exact) mass is 211 g/mol. The van der Waals surface area contributed by atoms with Crippen molar-refractivity contribution in [1.82, 2.24) is 0 Å². The van der Waals surface area contributed by atoms with E-state index in [1.807, 2.05) is 20.8 Å². The van der Waals surface area contributed by atoms with Crippen molar-refractivity contribution in [1.29, 1.82) is 0 Å². The first-order valence-electron chi connectivity index (χ1n) is 5.87. The van der Waals surface area contributed by atoms with E-state index in [-0.39, 0.29) is 17.9 Å². The van der Waals surface area contributed by atoms with E-state index in [1.54, 1.807) is 0 Å². The smallest absolute Gasteiger partial charge is 0.311 e. The molecule has 0 aromatic carbocycles. The van der Waals surface area contributed by atoms with E-state index in [0.717, 1.165) is 12.8 Å². The van der Waals surface area contributed by atoms with Gasteiger partial charge in [0.05, 0.1) is 5.92 Å². The Morgan fingerprint density at radius 1 is 1.27 bits per heavy atom. The number of rotatable bonds is 1. The van der Waals surface area contributed by atoms with Gasteiger partial charge in [-0.15, -0.1) is 0 Å². The van der Waals surface area contributed by atoms with Crippen molar-refractivity contribution < 1.29 is 9.53 Å². The van der Waals surface area contributed by atoms with E-state index in [4.69, 9.17) is 10.5 Å². The van der Waals surface area contributed by atoms with Gasteiger partial charge in [0.1, 0.15) is 5.60 Å². The number of fused-ring (bicyclic) bond motifs is 2. The van der Waals surface area contributed by atoms with E-state index >= 15 is 0 Å². The molecule has 2 saturated carbocycles. The highest BCUT2D eigenvalue weighted by molar-refractivity contribution is 5.75. The molecule has 2 bridgehead atoms. The van der Waals surface area contributed by atoms with E-state index in [1.165, 1.54) is 6.42 Å². The maximum Gasteiger partial charge on any atom is 0.311 e. The lowest BCUT2D eigenvalue weighted by molar-refractivity contribution is -0.162. The summed E-state index contributed by atoms with van der Waals surface area (Å²) in [6.45, 7) is 5.72. The maximum atomic E-state index is 12.0. The second-order valence-electron chi connectivity index (χ2n) is 5.97. The lowest BCUT2D eigenvalue weighted by Crippen LogP contribution is -2.43. The Morgan fingerprint density at radius 3 is 2.33 bits per heavy atom. The van der Waals surface area contributed by atoms with Crippen molar-refractivity contribution in [2.24, 2.45) is 23.5 Å². The molecule has 0 aliphatic heterocycles. The van der Waals surface area contributed by atoms with Crippen LogP contribution in [-0.4, -0.2) is 17.6 Å². The zero-order chi connectivity index (χ0) is 11.2. The second-order valence-corrected chi connectivity index (χ2v) is 5.97. The van der Waals surface area contributed by atoms with Crippen LogP contribution < -0.4 is 5.73 Å². The molecule has 2 N–H and O–H groups in total. The minimum absolute atomic E-state index is 0.0389. The van der Waals surface area contributed by atoms with Gasteiger partial charge in [-0.05, 0) is 51.9 Å². The second kappa shape index (κ2) is 3.48. The van der Waals surface area contributed by atoms with Crippen LogP contribution in [0.4, 0.5) is 0 Å². The predicted octanol–water partition coefficient (Wildman–Crippen LogP) is 1.70. The summed E-state index contributed by atoms with van der Waals surface area (Å²) in [7, 11) is 0. The summed E-state index contributed by atoms with van der Waals surface area (Å²) < 4.78 is 5.43. The van der Waals surface area contributed by atoms with Crippen LogP contribution in [0.3, 0.4) is 0 Å². The SMILES string of the molecule is CC(C)(C)OC(=O)C1C(N)[C@H]2CC[C@H]1C2. The fourth-order valence-electron chi connectivity index (χ4n) is 3.06. The van der Waals surface area contributed by atoms with Crippen molar-refractivity contribution in [3.63, 3.8) is 0 Å². The van der Waals surface area contributed by atoms with Crippen LogP contribution in [0.15, 0.2) is 0 Å². The highest BCUT2D eigenvalue weighted by atomic mass is 16.6. The fraction of sp³-hybridized carbons (Fsp3) is 0.917. The first kappa shape index (κ1) is 10.9. The highest BCUT2D eigenvalue weighted by Gasteiger charge is 2.50.